The molecule has 2 aromatic carbocycles. The summed E-state index contributed by atoms with van der Waals surface area (Å²) in [5, 5.41) is 0.706. The fourth-order valence-electron chi connectivity index (χ4n) is 4.85. The molecule has 0 atom stereocenters. The molecule has 1 saturated heterocycles. The summed E-state index contributed by atoms with van der Waals surface area (Å²) >= 11 is 6.14. The van der Waals surface area contributed by atoms with Crippen molar-refractivity contribution in [2.75, 3.05) is 26.2 Å². The minimum atomic E-state index is -0.333. The first-order valence-corrected chi connectivity index (χ1v) is 12.5. The molecule has 0 radical (unpaired) electrons. The van der Waals surface area contributed by atoms with Crippen LogP contribution >= 0.6 is 11.6 Å². The molecule has 0 spiro atoms. The molecule has 5 nitrogen and oxygen atoms in total. The van der Waals surface area contributed by atoms with Crippen molar-refractivity contribution in [3.8, 4) is 11.3 Å². The SMILES string of the molecule is O=C(c1ccc(F)cc1)N1CCN(Cc2c(-c3ccc(Cl)cc3)nc3ccc(C4CC4)cn23)CC1. The zero-order valence-corrected chi connectivity index (χ0v) is 20.1. The second-order valence-corrected chi connectivity index (χ2v) is 9.89. The quantitative estimate of drug-likeness (QED) is 0.365. The normalized spacial score (nSPS) is 16.7. The Labute approximate surface area is 208 Å². The van der Waals surface area contributed by atoms with Gasteiger partial charge in [0.05, 0.1) is 11.4 Å². The van der Waals surface area contributed by atoms with E-state index < -0.39 is 0 Å². The van der Waals surface area contributed by atoms with Gasteiger partial charge in [0.1, 0.15) is 11.5 Å². The van der Waals surface area contributed by atoms with Gasteiger partial charge in [0, 0.05) is 55.1 Å². The zero-order valence-electron chi connectivity index (χ0n) is 19.3. The molecule has 35 heavy (non-hydrogen) atoms. The Kier molecular flexibility index (Phi) is 5.78. The summed E-state index contributed by atoms with van der Waals surface area (Å²) < 4.78 is 15.5. The lowest BCUT2D eigenvalue weighted by molar-refractivity contribution is 0.0627. The number of amides is 1. The maximum atomic E-state index is 13.2. The minimum Gasteiger partial charge on any atom is -0.336 e. The monoisotopic (exact) mass is 488 g/mol. The van der Waals surface area contributed by atoms with Gasteiger partial charge in [-0.1, -0.05) is 29.8 Å². The van der Waals surface area contributed by atoms with Crippen molar-refractivity contribution in [2.45, 2.75) is 25.3 Å². The van der Waals surface area contributed by atoms with Crippen LogP contribution in [0.4, 0.5) is 4.39 Å². The van der Waals surface area contributed by atoms with Crippen molar-refractivity contribution in [1.82, 2.24) is 19.2 Å². The molecule has 1 aliphatic heterocycles. The summed E-state index contributed by atoms with van der Waals surface area (Å²) in [5.74, 6) is 0.283. The number of pyridine rings is 1. The third kappa shape index (κ3) is 4.56. The topological polar surface area (TPSA) is 40.9 Å². The van der Waals surface area contributed by atoms with Gasteiger partial charge in [-0.25, -0.2) is 9.37 Å². The van der Waals surface area contributed by atoms with Gasteiger partial charge in [-0.2, -0.15) is 0 Å². The lowest BCUT2D eigenvalue weighted by atomic mass is 10.1. The maximum Gasteiger partial charge on any atom is 0.253 e. The van der Waals surface area contributed by atoms with Gasteiger partial charge >= 0.3 is 0 Å². The van der Waals surface area contributed by atoms with Crippen LogP contribution in [0.3, 0.4) is 0 Å². The molecule has 1 amide bonds. The molecule has 2 aliphatic rings. The molecule has 6 rings (SSSR count). The molecule has 7 heteroatoms. The highest BCUT2D eigenvalue weighted by atomic mass is 35.5. The van der Waals surface area contributed by atoms with Crippen molar-refractivity contribution < 1.29 is 9.18 Å². The molecule has 0 bridgehead atoms. The summed E-state index contributed by atoms with van der Waals surface area (Å²) in [6, 6.07) is 18.0. The van der Waals surface area contributed by atoms with Crippen LogP contribution in [0, 0.1) is 5.82 Å². The van der Waals surface area contributed by atoms with Gasteiger partial charge < -0.3 is 9.30 Å². The van der Waals surface area contributed by atoms with E-state index in [9.17, 15) is 9.18 Å². The first-order chi connectivity index (χ1) is 17.0. The number of rotatable bonds is 5. The Bertz CT molecular complexity index is 1370. The van der Waals surface area contributed by atoms with Crippen molar-refractivity contribution in [1.29, 1.82) is 0 Å². The number of fused-ring (bicyclic) bond motifs is 1. The Morgan fingerprint density at radius 3 is 2.34 bits per heavy atom. The van der Waals surface area contributed by atoms with Crippen LogP contribution in [0.2, 0.25) is 5.02 Å². The van der Waals surface area contributed by atoms with E-state index in [1.807, 2.05) is 29.2 Å². The van der Waals surface area contributed by atoms with Crippen LogP contribution in [0.15, 0.2) is 66.9 Å². The van der Waals surface area contributed by atoms with Crippen LogP contribution in [-0.2, 0) is 6.54 Å². The Morgan fingerprint density at radius 1 is 0.943 bits per heavy atom. The van der Waals surface area contributed by atoms with Gasteiger partial charge in [-0.3, -0.25) is 9.69 Å². The van der Waals surface area contributed by atoms with Crippen molar-refractivity contribution in [3.63, 3.8) is 0 Å². The number of benzene rings is 2. The van der Waals surface area contributed by atoms with Gasteiger partial charge in [0.15, 0.2) is 0 Å². The van der Waals surface area contributed by atoms with Crippen LogP contribution in [0.1, 0.15) is 40.4 Å². The van der Waals surface area contributed by atoms with E-state index >= 15 is 0 Å². The van der Waals surface area contributed by atoms with E-state index in [0.717, 1.165) is 42.2 Å². The summed E-state index contributed by atoms with van der Waals surface area (Å²) in [6.45, 7) is 3.55. The lowest BCUT2D eigenvalue weighted by Gasteiger charge is -2.34. The minimum absolute atomic E-state index is 0.0459. The standard InChI is InChI=1S/C28H26ClFN4O/c29-23-8-3-20(4-9-23)27-25(34-17-22(19-1-2-19)7-12-26(34)31-27)18-32-13-15-33(16-14-32)28(35)21-5-10-24(30)11-6-21/h3-12,17,19H,1-2,13-16,18H2. The number of nitrogens with zero attached hydrogens (tertiary/aromatic N) is 4. The molecule has 0 unspecified atom stereocenters. The van der Waals surface area contributed by atoms with Gasteiger partial charge in [0.2, 0.25) is 0 Å². The number of carbonyl (C=O) groups is 1. The summed E-state index contributed by atoms with van der Waals surface area (Å²) in [4.78, 5) is 22.1. The first kappa shape index (κ1) is 22.3. The van der Waals surface area contributed by atoms with E-state index in [1.165, 1.54) is 30.5 Å². The van der Waals surface area contributed by atoms with E-state index in [4.69, 9.17) is 16.6 Å². The number of carbonyl (C=O) groups excluding carboxylic acids is 1. The Morgan fingerprint density at radius 2 is 1.66 bits per heavy atom. The Balaban J connectivity index is 1.25. The summed E-state index contributed by atoms with van der Waals surface area (Å²) in [6.07, 6.45) is 4.76. The molecule has 3 heterocycles. The van der Waals surface area contributed by atoms with E-state index in [2.05, 4.69) is 27.6 Å². The van der Waals surface area contributed by atoms with Crippen LogP contribution < -0.4 is 0 Å². The predicted octanol–water partition coefficient (Wildman–Crippen LogP) is 5.63. The third-order valence-corrected chi connectivity index (χ3v) is 7.28. The van der Waals surface area contributed by atoms with Gasteiger partial charge in [-0.05, 0) is 66.8 Å². The lowest BCUT2D eigenvalue weighted by Crippen LogP contribution is -2.48. The van der Waals surface area contributed by atoms with Crippen LogP contribution in [-0.4, -0.2) is 51.3 Å². The van der Waals surface area contributed by atoms with Crippen molar-refractivity contribution >= 4 is 23.2 Å². The first-order valence-electron chi connectivity index (χ1n) is 12.1. The largest absolute Gasteiger partial charge is 0.336 e. The second kappa shape index (κ2) is 9.10. The molecule has 1 saturated carbocycles. The number of imidazole rings is 1. The van der Waals surface area contributed by atoms with Gasteiger partial charge in [0.25, 0.3) is 5.91 Å². The molecule has 1 aliphatic carbocycles. The summed E-state index contributed by atoms with van der Waals surface area (Å²) in [7, 11) is 0. The summed E-state index contributed by atoms with van der Waals surface area (Å²) in [5.41, 5.74) is 6.01. The number of hydrogen-bond donors (Lipinski definition) is 0. The molecule has 0 N–H and O–H groups in total. The van der Waals surface area contributed by atoms with E-state index in [-0.39, 0.29) is 11.7 Å². The number of halogens is 2. The van der Waals surface area contributed by atoms with Crippen molar-refractivity contribution in [3.05, 3.63) is 94.5 Å². The molecule has 2 aromatic heterocycles. The predicted molar refractivity (Wildman–Crippen MR) is 135 cm³/mol. The third-order valence-electron chi connectivity index (χ3n) is 7.03. The number of piperazine rings is 1. The van der Waals surface area contributed by atoms with E-state index in [0.29, 0.717) is 29.6 Å². The van der Waals surface area contributed by atoms with Crippen molar-refractivity contribution in [2.24, 2.45) is 0 Å². The highest BCUT2D eigenvalue weighted by Gasteiger charge is 2.27. The maximum absolute atomic E-state index is 13.2. The van der Waals surface area contributed by atoms with E-state index in [1.54, 1.807) is 12.1 Å². The van der Waals surface area contributed by atoms with Crippen LogP contribution in [0.25, 0.3) is 16.9 Å². The average molecular weight is 489 g/mol. The second-order valence-electron chi connectivity index (χ2n) is 9.45. The molecule has 4 aromatic rings. The highest BCUT2D eigenvalue weighted by molar-refractivity contribution is 6.30. The average Bonchev–Trinajstić information content (AvgIpc) is 3.68. The van der Waals surface area contributed by atoms with Crippen LogP contribution in [0.5, 0.6) is 0 Å². The highest BCUT2D eigenvalue weighted by Crippen LogP contribution is 2.40. The molecule has 2 fully saturated rings. The smallest absolute Gasteiger partial charge is 0.253 e. The zero-order chi connectivity index (χ0) is 23.9. The number of hydrogen-bond acceptors (Lipinski definition) is 3. The Hall–Kier alpha value is -3.22. The molecular weight excluding hydrogens is 463 g/mol. The number of aromatic nitrogens is 2. The fraction of sp³-hybridized carbons (Fsp3) is 0.286. The molecule has 178 valence electrons. The van der Waals surface area contributed by atoms with Gasteiger partial charge in [-0.15, -0.1) is 0 Å². The molecular formula is C28H26ClFN4O. The fourth-order valence-corrected chi connectivity index (χ4v) is 4.98.